The Labute approximate surface area is 172 Å². The SMILES string of the molecule is c1ccc(CN2CC(COc3ccccc3)OC(COc3ccccc3)C2)cc1. The highest BCUT2D eigenvalue weighted by molar-refractivity contribution is 5.22. The van der Waals surface area contributed by atoms with Crippen molar-refractivity contribution in [2.75, 3.05) is 26.3 Å². The van der Waals surface area contributed by atoms with E-state index in [1.165, 1.54) is 5.56 Å². The number of rotatable bonds is 8. The van der Waals surface area contributed by atoms with Crippen LogP contribution >= 0.6 is 0 Å². The van der Waals surface area contributed by atoms with Crippen molar-refractivity contribution in [1.82, 2.24) is 4.90 Å². The topological polar surface area (TPSA) is 30.9 Å². The van der Waals surface area contributed by atoms with Gasteiger partial charge in [0.15, 0.2) is 0 Å². The molecule has 3 aromatic carbocycles. The molecule has 29 heavy (non-hydrogen) atoms. The maximum absolute atomic E-state index is 6.31. The zero-order valence-electron chi connectivity index (χ0n) is 16.5. The lowest BCUT2D eigenvalue weighted by atomic mass is 10.1. The van der Waals surface area contributed by atoms with Gasteiger partial charge < -0.3 is 14.2 Å². The van der Waals surface area contributed by atoms with E-state index in [2.05, 4.69) is 35.2 Å². The van der Waals surface area contributed by atoms with Gasteiger partial charge in [-0.1, -0.05) is 66.7 Å². The Kier molecular flexibility index (Phi) is 6.79. The van der Waals surface area contributed by atoms with E-state index >= 15 is 0 Å². The molecule has 0 saturated carbocycles. The van der Waals surface area contributed by atoms with Crippen molar-refractivity contribution in [2.45, 2.75) is 18.8 Å². The van der Waals surface area contributed by atoms with Crippen LogP contribution in [-0.2, 0) is 11.3 Å². The minimum absolute atomic E-state index is 0.00274. The molecule has 0 aromatic heterocycles. The maximum atomic E-state index is 6.31. The summed E-state index contributed by atoms with van der Waals surface area (Å²) >= 11 is 0. The highest BCUT2D eigenvalue weighted by Gasteiger charge is 2.29. The van der Waals surface area contributed by atoms with E-state index in [0.717, 1.165) is 31.1 Å². The van der Waals surface area contributed by atoms with Crippen LogP contribution in [0.1, 0.15) is 5.56 Å². The fraction of sp³-hybridized carbons (Fsp3) is 0.280. The van der Waals surface area contributed by atoms with Crippen LogP contribution in [0.15, 0.2) is 91.0 Å². The quantitative estimate of drug-likeness (QED) is 0.571. The van der Waals surface area contributed by atoms with Gasteiger partial charge >= 0.3 is 0 Å². The molecular weight excluding hydrogens is 362 g/mol. The third-order valence-corrected chi connectivity index (χ3v) is 4.92. The van der Waals surface area contributed by atoms with E-state index < -0.39 is 0 Å². The van der Waals surface area contributed by atoms with Gasteiger partial charge in [0.1, 0.15) is 36.9 Å². The van der Waals surface area contributed by atoms with Gasteiger partial charge in [0.25, 0.3) is 0 Å². The van der Waals surface area contributed by atoms with Crippen molar-refractivity contribution in [1.29, 1.82) is 0 Å². The Morgan fingerprint density at radius 3 is 1.59 bits per heavy atom. The Hall–Kier alpha value is -2.82. The standard InChI is InChI=1S/C25H27NO3/c1-4-10-21(11-5-1)16-26-17-24(19-27-22-12-6-2-7-13-22)29-25(18-26)20-28-23-14-8-3-9-15-23/h1-15,24-25H,16-20H2. The number of ether oxygens (including phenoxy) is 3. The molecule has 2 unspecified atom stereocenters. The van der Waals surface area contributed by atoms with Crippen LogP contribution < -0.4 is 9.47 Å². The predicted molar refractivity (Wildman–Crippen MR) is 114 cm³/mol. The van der Waals surface area contributed by atoms with Crippen LogP contribution in [0, 0.1) is 0 Å². The molecule has 1 heterocycles. The molecule has 0 amide bonds. The normalized spacial score (nSPS) is 19.6. The van der Waals surface area contributed by atoms with Crippen LogP contribution in [0.3, 0.4) is 0 Å². The van der Waals surface area contributed by atoms with E-state index in [9.17, 15) is 0 Å². The largest absolute Gasteiger partial charge is 0.491 e. The number of morpholine rings is 1. The average molecular weight is 389 g/mol. The van der Waals surface area contributed by atoms with Crippen molar-refractivity contribution in [3.63, 3.8) is 0 Å². The molecule has 1 fully saturated rings. The van der Waals surface area contributed by atoms with E-state index in [1.54, 1.807) is 0 Å². The zero-order valence-corrected chi connectivity index (χ0v) is 16.5. The molecule has 4 rings (SSSR count). The lowest BCUT2D eigenvalue weighted by molar-refractivity contribution is -0.113. The first-order chi connectivity index (χ1) is 14.3. The molecule has 0 bridgehead atoms. The van der Waals surface area contributed by atoms with Crippen LogP contribution in [0.25, 0.3) is 0 Å². The van der Waals surface area contributed by atoms with Gasteiger partial charge in [-0.2, -0.15) is 0 Å². The van der Waals surface area contributed by atoms with E-state index in [1.807, 2.05) is 60.7 Å². The van der Waals surface area contributed by atoms with Gasteiger partial charge in [0.05, 0.1) is 0 Å². The summed E-state index contributed by atoms with van der Waals surface area (Å²) in [6.07, 6.45) is -0.00548. The molecule has 0 radical (unpaired) electrons. The molecule has 2 atom stereocenters. The highest BCUT2D eigenvalue weighted by atomic mass is 16.6. The van der Waals surface area contributed by atoms with Crippen LogP contribution in [0.4, 0.5) is 0 Å². The fourth-order valence-corrected chi connectivity index (χ4v) is 3.58. The Morgan fingerprint density at radius 2 is 1.10 bits per heavy atom. The summed E-state index contributed by atoms with van der Waals surface area (Å²) in [6, 6.07) is 30.3. The van der Waals surface area contributed by atoms with Crippen molar-refractivity contribution in [2.24, 2.45) is 0 Å². The molecule has 1 aliphatic heterocycles. The molecule has 150 valence electrons. The summed E-state index contributed by atoms with van der Waals surface area (Å²) in [5.41, 5.74) is 1.31. The molecule has 0 spiro atoms. The molecule has 3 aromatic rings. The zero-order chi connectivity index (χ0) is 19.7. The summed E-state index contributed by atoms with van der Waals surface area (Å²) in [5.74, 6) is 1.74. The average Bonchev–Trinajstić information content (AvgIpc) is 2.78. The lowest BCUT2D eigenvalue weighted by Gasteiger charge is -2.38. The van der Waals surface area contributed by atoms with Gasteiger partial charge in [-0.25, -0.2) is 0 Å². The number of para-hydroxylation sites is 2. The summed E-state index contributed by atoms with van der Waals surface area (Å²) in [7, 11) is 0. The van der Waals surface area contributed by atoms with Crippen molar-refractivity contribution in [3.05, 3.63) is 96.6 Å². The summed E-state index contributed by atoms with van der Waals surface area (Å²) in [6.45, 7) is 3.62. The molecule has 0 aliphatic carbocycles. The van der Waals surface area contributed by atoms with Crippen molar-refractivity contribution >= 4 is 0 Å². The highest BCUT2D eigenvalue weighted by Crippen LogP contribution is 2.18. The Morgan fingerprint density at radius 1 is 0.655 bits per heavy atom. The van der Waals surface area contributed by atoms with Crippen molar-refractivity contribution < 1.29 is 14.2 Å². The smallest absolute Gasteiger partial charge is 0.119 e. The summed E-state index contributed by atoms with van der Waals surface area (Å²) in [4.78, 5) is 2.43. The van der Waals surface area contributed by atoms with Crippen LogP contribution in [0.2, 0.25) is 0 Å². The van der Waals surface area contributed by atoms with Crippen LogP contribution in [-0.4, -0.2) is 43.4 Å². The lowest BCUT2D eigenvalue weighted by Crippen LogP contribution is -2.51. The second kappa shape index (κ2) is 10.1. The second-order valence-electron chi connectivity index (χ2n) is 7.31. The summed E-state index contributed by atoms with van der Waals surface area (Å²) in [5, 5.41) is 0. The fourth-order valence-electron chi connectivity index (χ4n) is 3.58. The van der Waals surface area contributed by atoms with Gasteiger partial charge in [0, 0.05) is 19.6 Å². The Balaban J connectivity index is 1.38. The van der Waals surface area contributed by atoms with E-state index in [4.69, 9.17) is 14.2 Å². The summed E-state index contributed by atoms with van der Waals surface area (Å²) < 4.78 is 18.2. The van der Waals surface area contributed by atoms with Crippen LogP contribution in [0.5, 0.6) is 11.5 Å². The Bertz CT molecular complexity index is 790. The number of hydrogen-bond donors (Lipinski definition) is 0. The second-order valence-corrected chi connectivity index (χ2v) is 7.31. The van der Waals surface area contributed by atoms with Gasteiger partial charge in [-0.3, -0.25) is 4.90 Å². The predicted octanol–water partition coefficient (Wildman–Crippen LogP) is 4.41. The molecule has 4 nitrogen and oxygen atoms in total. The number of hydrogen-bond acceptors (Lipinski definition) is 4. The number of benzene rings is 3. The first-order valence-electron chi connectivity index (χ1n) is 10.1. The molecular formula is C25H27NO3. The third-order valence-electron chi connectivity index (χ3n) is 4.92. The minimum atomic E-state index is -0.00274. The minimum Gasteiger partial charge on any atom is -0.491 e. The van der Waals surface area contributed by atoms with E-state index in [0.29, 0.717) is 13.2 Å². The molecule has 4 heteroatoms. The number of nitrogens with zero attached hydrogens (tertiary/aromatic N) is 1. The first-order valence-corrected chi connectivity index (χ1v) is 10.1. The van der Waals surface area contributed by atoms with Gasteiger partial charge in [-0.05, 0) is 29.8 Å². The maximum Gasteiger partial charge on any atom is 0.119 e. The van der Waals surface area contributed by atoms with E-state index in [-0.39, 0.29) is 12.2 Å². The monoisotopic (exact) mass is 389 g/mol. The molecule has 1 saturated heterocycles. The first kappa shape index (κ1) is 19.5. The van der Waals surface area contributed by atoms with Gasteiger partial charge in [-0.15, -0.1) is 0 Å². The van der Waals surface area contributed by atoms with Crippen molar-refractivity contribution in [3.8, 4) is 11.5 Å². The third kappa shape index (κ3) is 6.08. The van der Waals surface area contributed by atoms with Gasteiger partial charge in [0.2, 0.25) is 0 Å². The molecule has 0 N–H and O–H groups in total. The molecule has 1 aliphatic rings.